The predicted octanol–water partition coefficient (Wildman–Crippen LogP) is 3.03. The molecule has 0 saturated carbocycles. The summed E-state index contributed by atoms with van der Waals surface area (Å²) >= 11 is 0. The van der Waals surface area contributed by atoms with Crippen molar-refractivity contribution in [2.24, 2.45) is 11.8 Å². The molecule has 0 bridgehead atoms. The van der Waals surface area contributed by atoms with Crippen LogP contribution in [0.4, 0.5) is 5.69 Å². The van der Waals surface area contributed by atoms with Crippen molar-refractivity contribution in [3.8, 4) is 17.6 Å². The van der Waals surface area contributed by atoms with Gasteiger partial charge in [-0.05, 0) is 30.4 Å². The first-order valence-corrected chi connectivity index (χ1v) is 8.36. The molecule has 0 aromatic heterocycles. The van der Waals surface area contributed by atoms with Gasteiger partial charge >= 0.3 is 0 Å². The SMILES string of the molecule is COc1ccc(OC)c(NC(=O)/C(C#N)=C\N2CC(C)CC(C)C2)c1. The van der Waals surface area contributed by atoms with E-state index >= 15 is 0 Å². The summed E-state index contributed by atoms with van der Waals surface area (Å²) in [5.74, 6) is 1.73. The second-order valence-electron chi connectivity index (χ2n) is 6.57. The standard InChI is InChI=1S/C19H25N3O3/c1-13-7-14(2)11-22(10-13)12-15(9-20)19(23)21-17-8-16(24-3)5-6-18(17)25-4/h5-6,8,12-14H,7,10-11H2,1-4H3,(H,21,23)/b15-12-. The maximum absolute atomic E-state index is 12.5. The number of nitrogens with zero attached hydrogens (tertiary/aromatic N) is 2. The van der Waals surface area contributed by atoms with Crippen LogP contribution in [0.2, 0.25) is 0 Å². The Balaban J connectivity index is 2.18. The molecule has 1 fully saturated rings. The highest BCUT2D eigenvalue weighted by molar-refractivity contribution is 6.07. The molecule has 1 heterocycles. The Morgan fingerprint density at radius 2 is 1.96 bits per heavy atom. The topological polar surface area (TPSA) is 74.6 Å². The van der Waals surface area contributed by atoms with Crippen molar-refractivity contribution in [3.63, 3.8) is 0 Å². The van der Waals surface area contributed by atoms with Crippen molar-refractivity contribution >= 4 is 11.6 Å². The molecule has 0 aliphatic carbocycles. The van der Waals surface area contributed by atoms with Gasteiger partial charge in [0.05, 0.1) is 19.9 Å². The van der Waals surface area contributed by atoms with E-state index in [-0.39, 0.29) is 5.57 Å². The van der Waals surface area contributed by atoms with Crippen molar-refractivity contribution < 1.29 is 14.3 Å². The van der Waals surface area contributed by atoms with Crippen LogP contribution in [-0.2, 0) is 4.79 Å². The van der Waals surface area contributed by atoms with Crippen molar-refractivity contribution in [2.45, 2.75) is 20.3 Å². The van der Waals surface area contributed by atoms with E-state index in [2.05, 4.69) is 24.1 Å². The fourth-order valence-electron chi connectivity index (χ4n) is 3.24. The molecular formula is C19H25N3O3. The predicted molar refractivity (Wildman–Crippen MR) is 96.4 cm³/mol. The number of rotatable bonds is 5. The summed E-state index contributed by atoms with van der Waals surface area (Å²) in [5.41, 5.74) is 0.541. The lowest BCUT2D eigenvalue weighted by Crippen LogP contribution is -2.35. The number of benzene rings is 1. The van der Waals surface area contributed by atoms with Crippen LogP contribution in [0.5, 0.6) is 11.5 Å². The largest absolute Gasteiger partial charge is 0.497 e. The number of carbonyl (C=O) groups is 1. The summed E-state index contributed by atoms with van der Waals surface area (Å²) in [6.45, 7) is 6.07. The van der Waals surface area contributed by atoms with Crippen LogP contribution < -0.4 is 14.8 Å². The van der Waals surface area contributed by atoms with Gasteiger partial charge < -0.3 is 19.7 Å². The summed E-state index contributed by atoms with van der Waals surface area (Å²) in [6, 6.07) is 7.11. The van der Waals surface area contributed by atoms with Crippen molar-refractivity contribution in [1.29, 1.82) is 5.26 Å². The third-order valence-corrected chi connectivity index (χ3v) is 4.23. The lowest BCUT2D eigenvalue weighted by Gasteiger charge is -2.34. The molecule has 25 heavy (non-hydrogen) atoms. The fraction of sp³-hybridized carbons (Fsp3) is 0.474. The summed E-state index contributed by atoms with van der Waals surface area (Å²) in [6.07, 6.45) is 2.83. The van der Waals surface area contributed by atoms with Crippen molar-refractivity contribution in [2.75, 3.05) is 32.6 Å². The minimum absolute atomic E-state index is 0.0752. The van der Waals surface area contributed by atoms with Gasteiger partial charge in [-0.3, -0.25) is 4.79 Å². The molecule has 2 atom stereocenters. The zero-order valence-corrected chi connectivity index (χ0v) is 15.2. The molecule has 6 heteroatoms. The van der Waals surface area contributed by atoms with Gasteiger partial charge in [-0.1, -0.05) is 13.8 Å². The van der Waals surface area contributed by atoms with Gasteiger partial charge in [-0.2, -0.15) is 5.26 Å². The van der Waals surface area contributed by atoms with Crippen LogP contribution >= 0.6 is 0 Å². The molecule has 0 radical (unpaired) electrons. The Labute approximate surface area is 149 Å². The van der Waals surface area contributed by atoms with Gasteiger partial charge in [-0.15, -0.1) is 0 Å². The molecule has 1 N–H and O–H groups in total. The van der Waals surface area contributed by atoms with Gasteiger partial charge in [0.25, 0.3) is 5.91 Å². The smallest absolute Gasteiger partial charge is 0.267 e. The van der Waals surface area contributed by atoms with E-state index in [1.165, 1.54) is 13.5 Å². The van der Waals surface area contributed by atoms with Crippen LogP contribution in [0, 0.1) is 23.2 Å². The molecule has 1 aromatic rings. The zero-order chi connectivity index (χ0) is 18.4. The number of hydrogen-bond donors (Lipinski definition) is 1. The fourth-order valence-corrected chi connectivity index (χ4v) is 3.24. The minimum Gasteiger partial charge on any atom is -0.497 e. The van der Waals surface area contributed by atoms with Crippen LogP contribution in [0.25, 0.3) is 0 Å². The van der Waals surface area contributed by atoms with E-state index in [0.717, 1.165) is 13.1 Å². The van der Waals surface area contributed by atoms with E-state index < -0.39 is 5.91 Å². The van der Waals surface area contributed by atoms with E-state index in [1.54, 1.807) is 31.5 Å². The molecule has 0 spiro atoms. The molecule has 1 saturated heterocycles. The first-order chi connectivity index (χ1) is 12.0. The second-order valence-corrected chi connectivity index (χ2v) is 6.57. The second kappa shape index (κ2) is 8.43. The van der Waals surface area contributed by atoms with Crippen molar-refractivity contribution in [3.05, 3.63) is 30.0 Å². The number of anilines is 1. The molecule has 2 rings (SSSR count). The van der Waals surface area contributed by atoms with Gasteiger partial charge in [0.15, 0.2) is 0 Å². The zero-order valence-electron chi connectivity index (χ0n) is 15.2. The average molecular weight is 343 g/mol. The first-order valence-electron chi connectivity index (χ1n) is 8.36. The van der Waals surface area contributed by atoms with Crippen LogP contribution in [0.15, 0.2) is 30.0 Å². The molecule has 1 amide bonds. The minimum atomic E-state index is -0.458. The van der Waals surface area contributed by atoms with E-state index in [0.29, 0.717) is 29.0 Å². The number of carbonyl (C=O) groups excluding carboxylic acids is 1. The summed E-state index contributed by atoms with van der Waals surface area (Å²) in [7, 11) is 3.07. The number of methoxy groups -OCH3 is 2. The van der Waals surface area contributed by atoms with E-state index in [1.807, 2.05) is 6.07 Å². The van der Waals surface area contributed by atoms with Crippen LogP contribution in [0.1, 0.15) is 20.3 Å². The van der Waals surface area contributed by atoms with Gasteiger partial charge in [0.1, 0.15) is 23.1 Å². The third-order valence-electron chi connectivity index (χ3n) is 4.23. The molecule has 1 aliphatic heterocycles. The molecule has 1 aromatic carbocycles. The van der Waals surface area contributed by atoms with Crippen LogP contribution in [0.3, 0.4) is 0 Å². The summed E-state index contributed by atoms with van der Waals surface area (Å²) < 4.78 is 10.4. The Hall–Kier alpha value is -2.68. The van der Waals surface area contributed by atoms with Gasteiger partial charge in [-0.25, -0.2) is 0 Å². The monoisotopic (exact) mass is 343 g/mol. The highest BCUT2D eigenvalue weighted by Gasteiger charge is 2.21. The average Bonchev–Trinajstić information content (AvgIpc) is 2.58. The van der Waals surface area contributed by atoms with E-state index in [4.69, 9.17) is 9.47 Å². The van der Waals surface area contributed by atoms with Crippen LogP contribution in [-0.4, -0.2) is 38.1 Å². The molecular weight excluding hydrogens is 318 g/mol. The first kappa shape index (κ1) is 18.7. The maximum Gasteiger partial charge on any atom is 0.267 e. The van der Waals surface area contributed by atoms with Crippen molar-refractivity contribution in [1.82, 2.24) is 4.90 Å². The number of likely N-dealkylation sites (tertiary alicyclic amines) is 1. The number of nitrogens with one attached hydrogen (secondary N) is 1. The van der Waals surface area contributed by atoms with E-state index in [9.17, 15) is 10.1 Å². The number of piperidine rings is 1. The Bertz CT molecular complexity index is 684. The number of amides is 1. The number of nitriles is 1. The normalized spacial score (nSPS) is 20.6. The maximum atomic E-state index is 12.5. The molecule has 2 unspecified atom stereocenters. The van der Waals surface area contributed by atoms with Gasteiger partial charge in [0.2, 0.25) is 0 Å². The lowest BCUT2D eigenvalue weighted by molar-refractivity contribution is -0.112. The molecule has 6 nitrogen and oxygen atoms in total. The third kappa shape index (κ3) is 4.90. The summed E-state index contributed by atoms with van der Waals surface area (Å²) in [4.78, 5) is 14.6. The summed E-state index contributed by atoms with van der Waals surface area (Å²) in [5, 5.41) is 12.1. The Morgan fingerprint density at radius 1 is 1.28 bits per heavy atom. The number of hydrogen-bond acceptors (Lipinski definition) is 5. The Kier molecular flexibility index (Phi) is 6.29. The van der Waals surface area contributed by atoms with Gasteiger partial charge in [0, 0.05) is 25.4 Å². The Morgan fingerprint density at radius 3 is 2.52 bits per heavy atom. The quantitative estimate of drug-likeness (QED) is 0.657. The highest BCUT2D eigenvalue weighted by atomic mass is 16.5. The lowest BCUT2D eigenvalue weighted by atomic mass is 9.92. The number of ether oxygens (including phenoxy) is 2. The molecule has 1 aliphatic rings. The highest BCUT2D eigenvalue weighted by Crippen LogP contribution is 2.29. The molecule has 134 valence electrons.